The summed E-state index contributed by atoms with van der Waals surface area (Å²) in [6, 6.07) is 0.607. The molecule has 7 heteroatoms. The monoisotopic (exact) mass is 441 g/mol. The fraction of sp³-hybridized carbons (Fsp3) is 0.938. The van der Waals surface area contributed by atoms with E-state index >= 15 is 0 Å². The van der Waals surface area contributed by atoms with Crippen molar-refractivity contribution in [2.45, 2.75) is 25.3 Å². The Labute approximate surface area is 159 Å². The van der Waals surface area contributed by atoms with Gasteiger partial charge < -0.3 is 25.2 Å². The molecule has 0 bridgehead atoms. The van der Waals surface area contributed by atoms with Crippen LogP contribution in [-0.4, -0.2) is 89.9 Å². The SMILES string of the molecule is CN=C(NCCN(C)CCCOC)NCC(C1CC1)N(C)C.I. The molecule has 138 valence electrons. The summed E-state index contributed by atoms with van der Waals surface area (Å²) in [5, 5.41) is 6.85. The molecule has 1 unspecified atom stereocenters. The first-order valence-corrected chi connectivity index (χ1v) is 8.37. The number of hydrogen-bond acceptors (Lipinski definition) is 4. The number of ether oxygens (including phenoxy) is 1. The largest absolute Gasteiger partial charge is 0.385 e. The quantitative estimate of drug-likeness (QED) is 0.218. The predicted molar refractivity (Wildman–Crippen MR) is 109 cm³/mol. The van der Waals surface area contributed by atoms with E-state index in [1.165, 1.54) is 12.8 Å². The second-order valence-corrected chi connectivity index (χ2v) is 6.40. The van der Waals surface area contributed by atoms with Gasteiger partial charge in [0.2, 0.25) is 0 Å². The van der Waals surface area contributed by atoms with Crippen molar-refractivity contribution in [3.05, 3.63) is 0 Å². The van der Waals surface area contributed by atoms with Crippen molar-refractivity contribution in [1.29, 1.82) is 0 Å². The number of guanidine groups is 1. The minimum atomic E-state index is 0. The lowest BCUT2D eigenvalue weighted by atomic mass is 10.1. The zero-order chi connectivity index (χ0) is 16.4. The molecule has 1 aliphatic carbocycles. The molecule has 0 aromatic carbocycles. The van der Waals surface area contributed by atoms with E-state index in [4.69, 9.17) is 4.74 Å². The average Bonchev–Trinajstić information content (AvgIpc) is 3.30. The second kappa shape index (κ2) is 13.2. The third-order valence-corrected chi connectivity index (χ3v) is 4.21. The fourth-order valence-electron chi connectivity index (χ4n) is 2.63. The van der Waals surface area contributed by atoms with Gasteiger partial charge in [-0.2, -0.15) is 0 Å². The maximum Gasteiger partial charge on any atom is 0.191 e. The molecular formula is C16H36IN5O. The van der Waals surface area contributed by atoms with E-state index in [-0.39, 0.29) is 24.0 Å². The van der Waals surface area contributed by atoms with Gasteiger partial charge in [0.1, 0.15) is 0 Å². The standard InChI is InChI=1S/C16H35N5O.HI/c1-17-16(18-9-11-21(4)10-6-12-22-5)19-13-15(20(2)3)14-7-8-14;/h14-15H,6-13H2,1-5H3,(H2,17,18,19);1H. The smallest absolute Gasteiger partial charge is 0.191 e. The van der Waals surface area contributed by atoms with Crippen LogP contribution in [0.2, 0.25) is 0 Å². The molecule has 23 heavy (non-hydrogen) atoms. The third kappa shape index (κ3) is 10.4. The molecule has 2 N–H and O–H groups in total. The maximum absolute atomic E-state index is 5.07. The number of likely N-dealkylation sites (N-methyl/N-ethyl adjacent to an activating group) is 2. The van der Waals surface area contributed by atoms with E-state index in [0.29, 0.717) is 6.04 Å². The molecule has 0 saturated heterocycles. The van der Waals surface area contributed by atoms with E-state index in [0.717, 1.165) is 51.1 Å². The number of nitrogens with one attached hydrogen (secondary N) is 2. The molecule has 0 aromatic heterocycles. The van der Waals surface area contributed by atoms with Gasteiger partial charge in [0, 0.05) is 53.0 Å². The van der Waals surface area contributed by atoms with Gasteiger partial charge >= 0.3 is 0 Å². The highest BCUT2D eigenvalue weighted by molar-refractivity contribution is 14.0. The van der Waals surface area contributed by atoms with Crippen LogP contribution in [0.25, 0.3) is 0 Å². The molecule has 0 amide bonds. The normalized spacial score (nSPS) is 16.4. The minimum absolute atomic E-state index is 0. The summed E-state index contributed by atoms with van der Waals surface area (Å²) < 4.78 is 5.07. The summed E-state index contributed by atoms with van der Waals surface area (Å²) in [5.74, 6) is 1.75. The van der Waals surface area contributed by atoms with Crippen LogP contribution in [-0.2, 0) is 4.74 Å². The molecule has 0 radical (unpaired) electrons. The Morgan fingerprint density at radius 2 is 1.91 bits per heavy atom. The van der Waals surface area contributed by atoms with Crippen LogP contribution in [0.15, 0.2) is 4.99 Å². The molecule has 6 nitrogen and oxygen atoms in total. The van der Waals surface area contributed by atoms with Crippen LogP contribution in [0.1, 0.15) is 19.3 Å². The van der Waals surface area contributed by atoms with Crippen LogP contribution < -0.4 is 10.6 Å². The Balaban J connectivity index is 0.00000484. The van der Waals surface area contributed by atoms with Crippen LogP contribution in [0, 0.1) is 5.92 Å². The van der Waals surface area contributed by atoms with Crippen molar-refractivity contribution in [3.63, 3.8) is 0 Å². The minimum Gasteiger partial charge on any atom is -0.385 e. The predicted octanol–water partition coefficient (Wildman–Crippen LogP) is 1.08. The Kier molecular flexibility index (Phi) is 13.1. The van der Waals surface area contributed by atoms with Gasteiger partial charge in [-0.1, -0.05) is 0 Å². The van der Waals surface area contributed by atoms with Crippen molar-refractivity contribution in [3.8, 4) is 0 Å². The number of hydrogen-bond donors (Lipinski definition) is 2. The maximum atomic E-state index is 5.07. The lowest BCUT2D eigenvalue weighted by molar-refractivity contribution is 0.180. The van der Waals surface area contributed by atoms with E-state index in [1.54, 1.807) is 7.11 Å². The summed E-state index contributed by atoms with van der Waals surface area (Å²) in [6.07, 6.45) is 3.80. The molecule has 1 rings (SSSR count). The number of aliphatic imine (C=N–C) groups is 1. The zero-order valence-corrected chi connectivity index (χ0v) is 17.8. The van der Waals surface area contributed by atoms with E-state index in [9.17, 15) is 0 Å². The van der Waals surface area contributed by atoms with Crippen LogP contribution >= 0.6 is 24.0 Å². The van der Waals surface area contributed by atoms with Crippen molar-refractivity contribution in [2.24, 2.45) is 10.9 Å². The van der Waals surface area contributed by atoms with Crippen molar-refractivity contribution >= 4 is 29.9 Å². The van der Waals surface area contributed by atoms with Gasteiger partial charge in [-0.15, -0.1) is 24.0 Å². The summed E-state index contributed by atoms with van der Waals surface area (Å²) in [4.78, 5) is 8.94. The van der Waals surface area contributed by atoms with Crippen LogP contribution in [0.3, 0.4) is 0 Å². The average molecular weight is 441 g/mol. The van der Waals surface area contributed by atoms with Crippen molar-refractivity contribution in [2.75, 3.05) is 68.1 Å². The van der Waals surface area contributed by atoms with Crippen LogP contribution in [0.4, 0.5) is 0 Å². The Morgan fingerprint density at radius 3 is 2.43 bits per heavy atom. The molecule has 1 atom stereocenters. The summed E-state index contributed by atoms with van der Waals surface area (Å²) in [5.41, 5.74) is 0. The molecule has 1 saturated carbocycles. The highest BCUT2D eigenvalue weighted by Crippen LogP contribution is 2.34. The molecule has 0 spiro atoms. The first-order valence-electron chi connectivity index (χ1n) is 8.37. The van der Waals surface area contributed by atoms with Crippen molar-refractivity contribution in [1.82, 2.24) is 20.4 Å². The molecule has 0 heterocycles. The van der Waals surface area contributed by atoms with Gasteiger partial charge in [0.15, 0.2) is 5.96 Å². The van der Waals surface area contributed by atoms with E-state index in [2.05, 4.69) is 46.6 Å². The number of methoxy groups -OCH3 is 1. The van der Waals surface area contributed by atoms with Gasteiger partial charge in [-0.3, -0.25) is 4.99 Å². The van der Waals surface area contributed by atoms with Crippen LogP contribution in [0.5, 0.6) is 0 Å². The third-order valence-electron chi connectivity index (χ3n) is 4.21. The Morgan fingerprint density at radius 1 is 1.22 bits per heavy atom. The highest BCUT2D eigenvalue weighted by Gasteiger charge is 2.32. The number of nitrogens with zero attached hydrogens (tertiary/aromatic N) is 3. The molecular weight excluding hydrogens is 405 g/mol. The second-order valence-electron chi connectivity index (χ2n) is 6.40. The summed E-state index contributed by atoms with van der Waals surface area (Å²) in [7, 11) is 10.0. The van der Waals surface area contributed by atoms with Gasteiger partial charge in [0.05, 0.1) is 0 Å². The molecule has 1 aliphatic rings. The summed E-state index contributed by atoms with van der Waals surface area (Å²) >= 11 is 0. The fourth-order valence-corrected chi connectivity index (χ4v) is 2.63. The molecule has 0 aromatic rings. The van der Waals surface area contributed by atoms with Gasteiger partial charge in [-0.05, 0) is 46.3 Å². The first kappa shape index (κ1) is 22.9. The highest BCUT2D eigenvalue weighted by atomic mass is 127. The van der Waals surface area contributed by atoms with E-state index < -0.39 is 0 Å². The van der Waals surface area contributed by atoms with Crippen molar-refractivity contribution < 1.29 is 4.74 Å². The number of rotatable bonds is 11. The zero-order valence-electron chi connectivity index (χ0n) is 15.5. The molecule has 1 fully saturated rings. The first-order chi connectivity index (χ1) is 10.6. The summed E-state index contributed by atoms with van der Waals surface area (Å²) in [6.45, 7) is 4.75. The Hall–Kier alpha value is -0.120. The molecule has 0 aliphatic heterocycles. The number of halogens is 1. The van der Waals surface area contributed by atoms with E-state index in [1.807, 2.05) is 7.05 Å². The lowest BCUT2D eigenvalue weighted by Crippen LogP contribution is -2.47. The topological polar surface area (TPSA) is 52.1 Å². The van der Waals surface area contributed by atoms with Gasteiger partial charge in [0.25, 0.3) is 0 Å². The van der Waals surface area contributed by atoms with Gasteiger partial charge in [-0.25, -0.2) is 0 Å². The Bertz CT molecular complexity index is 322. The lowest BCUT2D eigenvalue weighted by Gasteiger charge is -2.25.